The van der Waals surface area contributed by atoms with E-state index in [-0.39, 0.29) is 5.91 Å². The number of anilines is 2. The molecule has 31 heavy (non-hydrogen) atoms. The van der Waals surface area contributed by atoms with Gasteiger partial charge in [-0.2, -0.15) is 5.10 Å². The second kappa shape index (κ2) is 8.44. The molecule has 1 N–H and O–H groups in total. The lowest BCUT2D eigenvalue weighted by Crippen LogP contribution is -2.29. The molecule has 0 atom stereocenters. The van der Waals surface area contributed by atoms with Crippen molar-refractivity contribution in [3.8, 4) is 0 Å². The van der Waals surface area contributed by atoms with Gasteiger partial charge < -0.3 is 10.2 Å². The molecule has 4 aromatic rings. The molecule has 1 aliphatic heterocycles. The largest absolute Gasteiger partial charge is 0.365 e. The Hall–Kier alpha value is -3.93. The van der Waals surface area contributed by atoms with Gasteiger partial charge in [0, 0.05) is 36.7 Å². The van der Waals surface area contributed by atoms with Crippen molar-refractivity contribution < 1.29 is 4.79 Å². The lowest BCUT2D eigenvalue weighted by molar-refractivity contribution is 0.0990. The zero-order chi connectivity index (χ0) is 21.0. The second-order valence-corrected chi connectivity index (χ2v) is 7.62. The third-order valence-electron chi connectivity index (χ3n) is 5.50. The van der Waals surface area contributed by atoms with Gasteiger partial charge in [-0.25, -0.2) is 4.98 Å². The number of rotatable bonds is 6. The molecule has 2 aromatic heterocycles. The van der Waals surface area contributed by atoms with Gasteiger partial charge in [0.1, 0.15) is 5.82 Å². The molecule has 0 radical (unpaired) electrons. The predicted molar refractivity (Wildman–Crippen MR) is 121 cm³/mol. The molecule has 0 saturated carbocycles. The van der Waals surface area contributed by atoms with E-state index in [0.29, 0.717) is 24.5 Å². The van der Waals surface area contributed by atoms with Crippen LogP contribution in [-0.2, 0) is 19.5 Å². The number of hydrogen-bond acceptors (Lipinski definition) is 4. The van der Waals surface area contributed by atoms with Crippen LogP contribution in [0.1, 0.15) is 27.0 Å². The van der Waals surface area contributed by atoms with Crippen LogP contribution in [0.4, 0.5) is 11.5 Å². The van der Waals surface area contributed by atoms with Crippen LogP contribution in [0.2, 0.25) is 0 Å². The summed E-state index contributed by atoms with van der Waals surface area (Å²) >= 11 is 0. The molecular weight excluding hydrogens is 386 g/mol. The maximum absolute atomic E-state index is 13.3. The average Bonchev–Trinajstić information content (AvgIpc) is 3.45. The van der Waals surface area contributed by atoms with Crippen LogP contribution in [0.3, 0.4) is 0 Å². The van der Waals surface area contributed by atoms with Crippen LogP contribution < -0.4 is 10.2 Å². The second-order valence-electron chi connectivity index (χ2n) is 7.62. The van der Waals surface area contributed by atoms with Crippen molar-refractivity contribution in [1.29, 1.82) is 0 Å². The van der Waals surface area contributed by atoms with E-state index in [1.807, 2.05) is 64.4 Å². The number of fused-ring (bicyclic) bond motifs is 1. The molecular formula is C25H23N5O. The summed E-state index contributed by atoms with van der Waals surface area (Å²) in [4.78, 5) is 19.6. The molecule has 1 amide bonds. The van der Waals surface area contributed by atoms with Gasteiger partial charge in [-0.05, 0) is 35.7 Å². The van der Waals surface area contributed by atoms with Crippen LogP contribution in [-0.4, -0.2) is 27.2 Å². The van der Waals surface area contributed by atoms with Gasteiger partial charge in [0.05, 0.1) is 18.3 Å². The summed E-state index contributed by atoms with van der Waals surface area (Å²) in [7, 11) is 0. The molecule has 154 valence electrons. The van der Waals surface area contributed by atoms with Gasteiger partial charge in [0.25, 0.3) is 5.91 Å². The van der Waals surface area contributed by atoms with E-state index < -0.39 is 0 Å². The lowest BCUT2D eigenvalue weighted by atomic mass is 10.1. The number of amides is 1. The van der Waals surface area contributed by atoms with Crippen molar-refractivity contribution in [2.75, 3.05) is 16.8 Å². The Kier molecular flexibility index (Phi) is 5.19. The topological polar surface area (TPSA) is 63.1 Å². The maximum Gasteiger partial charge on any atom is 0.262 e. The molecule has 1 aliphatic rings. The molecule has 3 heterocycles. The van der Waals surface area contributed by atoms with Gasteiger partial charge in [-0.1, -0.05) is 48.5 Å². The molecule has 5 rings (SSSR count). The van der Waals surface area contributed by atoms with E-state index in [2.05, 4.69) is 33.6 Å². The third-order valence-corrected chi connectivity index (χ3v) is 5.50. The van der Waals surface area contributed by atoms with Crippen molar-refractivity contribution in [3.05, 3.63) is 108 Å². The highest BCUT2D eigenvalue weighted by molar-refractivity contribution is 6.10. The molecule has 0 fully saturated rings. The highest BCUT2D eigenvalue weighted by Crippen LogP contribution is 2.30. The Balaban J connectivity index is 1.29. The Morgan fingerprint density at radius 2 is 1.81 bits per heavy atom. The van der Waals surface area contributed by atoms with E-state index in [1.54, 1.807) is 12.3 Å². The van der Waals surface area contributed by atoms with Crippen molar-refractivity contribution in [2.45, 2.75) is 19.5 Å². The summed E-state index contributed by atoms with van der Waals surface area (Å²) in [6.07, 6.45) is 6.44. The molecule has 6 nitrogen and oxygen atoms in total. The fourth-order valence-corrected chi connectivity index (χ4v) is 3.95. The Morgan fingerprint density at radius 1 is 0.968 bits per heavy atom. The number of nitrogens with one attached hydrogen (secondary N) is 1. The summed E-state index contributed by atoms with van der Waals surface area (Å²) in [5, 5.41) is 7.77. The zero-order valence-corrected chi connectivity index (χ0v) is 17.1. The number of carbonyl (C=O) groups is 1. The Labute approximate surface area is 181 Å². The van der Waals surface area contributed by atoms with Crippen molar-refractivity contribution >= 4 is 17.4 Å². The first-order chi connectivity index (χ1) is 15.3. The first-order valence-electron chi connectivity index (χ1n) is 10.4. The fraction of sp³-hybridized carbons (Fsp3) is 0.160. The SMILES string of the molecule is O=C(c1cccnc1NCc1cnn(Cc2ccccc2)c1)N1CCc2ccccc21. The van der Waals surface area contributed by atoms with Crippen molar-refractivity contribution in [2.24, 2.45) is 0 Å². The molecule has 0 bridgehead atoms. The first kappa shape index (κ1) is 19.1. The fourth-order valence-electron chi connectivity index (χ4n) is 3.95. The Morgan fingerprint density at radius 3 is 2.71 bits per heavy atom. The number of benzene rings is 2. The molecule has 0 saturated heterocycles. The third kappa shape index (κ3) is 4.05. The van der Waals surface area contributed by atoms with Crippen molar-refractivity contribution in [3.63, 3.8) is 0 Å². The van der Waals surface area contributed by atoms with Crippen LogP contribution >= 0.6 is 0 Å². The normalized spacial score (nSPS) is 12.6. The number of hydrogen-bond donors (Lipinski definition) is 1. The van der Waals surface area contributed by atoms with Crippen LogP contribution in [0, 0.1) is 0 Å². The maximum atomic E-state index is 13.3. The standard InChI is InChI=1S/C25H23N5O/c31-25(30-14-12-21-9-4-5-11-23(21)30)22-10-6-13-26-24(22)27-15-20-16-28-29(18-20)17-19-7-2-1-3-8-19/h1-11,13,16,18H,12,14-15,17H2,(H,26,27). The summed E-state index contributed by atoms with van der Waals surface area (Å²) in [6, 6.07) is 21.9. The number of pyridine rings is 1. The lowest BCUT2D eigenvalue weighted by Gasteiger charge is -2.19. The number of nitrogens with zero attached hydrogens (tertiary/aromatic N) is 4. The minimum atomic E-state index is -0.0275. The van der Waals surface area contributed by atoms with Gasteiger partial charge in [-0.3, -0.25) is 9.48 Å². The minimum absolute atomic E-state index is 0.0275. The summed E-state index contributed by atoms with van der Waals surface area (Å²) in [6.45, 7) is 1.96. The van der Waals surface area contributed by atoms with Gasteiger partial charge in [-0.15, -0.1) is 0 Å². The molecule has 2 aromatic carbocycles. The molecule has 6 heteroatoms. The smallest absolute Gasteiger partial charge is 0.262 e. The van der Waals surface area contributed by atoms with Crippen molar-refractivity contribution in [1.82, 2.24) is 14.8 Å². The zero-order valence-electron chi connectivity index (χ0n) is 17.1. The molecule has 0 aliphatic carbocycles. The molecule has 0 spiro atoms. The van der Waals surface area contributed by atoms with Crippen LogP contribution in [0.5, 0.6) is 0 Å². The van der Waals surface area contributed by atoms with Crippen LogP contribution in [0.25, 0.3) is 0 Å². The summed E-state index contributed by atoms with van der Waals surface area (Å²) in [5.74, 6) is 0.563. The number of para-hydroxylation sites is 1. The van der Waals surface area contributed by atoms with E-state index >= 15 is 0 Å². The van der Waals surface area contributed by atoms with Gasteiger partial charge >= 0.3 is 0 Å². The van der Waals surface area contributed by atoms with E-state index in [4.69, 9.17) is 0 Å². The first-order valence-corrected chi connectivity index (χ1v) is 10.4. The van der Waals surface area contributed by atoms with Gasteiger partial charge in [0.2, 0.25) is 0 Å². The minimum Gasteiger partial charge on any atom is -0.365 e. The number of carbonyl (C=O) groups excluding carboxylic acids is 1. The highest BCUT2D eigenvalue weighted by atomic mass is 16.2. The van der Waals surface area contributed by atoms with E-state index in [9.17, 15) is 4.79 Å². The van der Waals surface area contributed by atoms with E-state index in [1.165, 1.54) is 11.1 Å². The predicted octanol–water partition coefficient (Wildman–Crippen LogP) is 4.14. The monoisotopic (exact) mass is 409 g/mol. The quantitative estimate of drug-likeness (QED) is 0.520. The Bertz CT molecular complexity index is 1200. The number of aromatic nitrogens is 3. The average molecular weight is 409 g/mol. The van der Waals surface area contributed by atoms with E-state index in [0.717, 1.165) is 24.2 Å². The van der Waals surface area contributed by atoms with Gasteiger partial charge in [0.15, 0.2) is 0 Å². The summed E-state index contributed by atoms with van der Waals surface area (Å²) < 4.78 is 1.91. The summed E-state index contributed by atoms with van der Waals surface area (Å²) in [5.41, 5.74) is 5.01. The van der Waals surface area contributed by atoms with Crippen LogP contribution in [0.15, 0.2) is 85.3 Å². The molecule has 0 unspecified atom stereocenters. The highest BCUT2D eigenvalue weighted by Gasteiger charge is 2.27.